The molecule has 0 radical (unpaired) electrons. The van der Waals surface area contributed by atoms with E-state index in [4.69, 9.17) is 12.2 Å². The van der Waals surface area contributed by atoms with Gasteiger partial charge in [0.2, 0.25) is 0 Å². The Labute approximate surface area is 120 Å². The van der Waals surface area contributed by atoms with Gasteiger partial charge in [-0.25, -0.2) is 0 Å². The fourth-order valence-corrected chi connectivity index (χ4v) is 2.79. The Balaban J connectivity index is 2.18. The number of carbonyl (C=O) groups excluding carboxylic acids is 2. The molecule has 0 unspecified atom stereocenters. The first-order valence-corrected chi connectivity index (χ1v) is 6.71. The number of carbonyl (C=O) groups is 2. The first-order chi connectivity index (χ1) is 9.11. The molecule has 2 rings (SSSR count). The summed E-state index contributed by atoms with van der Waals surface area (Å²) in [5.74, 6) is -0.749. The molecule has 1 saturated heterocycles. The van der Waals surface area contributed by atoms with Crippen molar-refractivity contribution in [3.8, 4) is 0 Å². The molecule has 19 heavy (non-hydrogen) atoms. The number of rotatable bonds is 3. The minimum absolute atomic E-state index is 0.146. The molecule has 1 fully saturated rings. The molecule has 1 aromatic carbocycles. The van der Waals surface area contributed by atoms with E-state index in [1.165, 1.54) is 23.8 Å². The highest BCUT2D eigenvalue weighted by Gasteiger charge is 2.33. The van der Waals surface area contributed by atoms with Crippen molar-refractivity contribution >= 4 is 46.3 Å². The lowest BCUT2D eigenvalue weighted by atomic mass is 10.2. The number of benzene rings is 1. The van der Waals surface area contributed by atoms with E-state index in [0.29, 0.717) is 9.23 Å². The number of thioether (sulfide) groups is 1. The van der Waals surface area contributed by atoms with Crippen molar-refractivity contribution in [2.24, 2.45) is 0 Å². The second kappa shape index (κ2) is 5.99. The van der Waals surface area contributed by atoms with E-state index in [2.05, 4.69) is 4.74 Å². The smallest absolute Gasteiger partial charge is 0.325 e. The summed E-state index contributed by atoms with van der Waals surface area (Å²) >= 11 is 6.29. The van der Waals surface area contributed by atoms with Gasteiger partial charge in [-0.2, -0.15) is 0 Å². The summed E-state index contributed by atoms with van der Waals surface area (Å²) < 4.78 is 4.91. The van der Waals surface area contributed by atoms with Gasteiger partial charge in [-0.1, -0.05) is 54.3 Å². The number of nitrogens with zero attached hydrogens (tertiary/aromatic N) is 1. The lowest BCUT2D eigenvalue weighted by molar-refractivity contribution is -0.143. The van der Waals surface area contributed by atoms with Crippen LogP contribution in [0.2, 0.25) is 0 Å². The Bertz CT molecular complexity index is 554. The zero-order valence-electron chi connectivity index (χ0n) is 10.2. The van der Waals surface area contributed by atoms with E-state index in [0.717, 1.165) is 5.56 Å². The maximum Gasteiger partial charge on any atom is 0.325 e. The van der Waals surface area contributed by atoms with Crippen LogP contribution in [0.3, 0.4) is 0 Å². The highest BCUT2D eigenvalue weighted by atomic mass is 32.2. The van der Waals surface area contributed by atoms with Crippen LogP contribution in [0.5, 0.6) is 0 Å². The normalized spacial score (nSPS) is 17.1. The summed E-state index contributed by atoms with van der Waals surface area (Å²) in [5.41, 5.74) is 0.918. The molecule has 0 aromatic heterocycles. The molecule has 0 saturated carbocycles. The van der Waals surface area contributed by atoms with Gasteiger partial charge in [0.25, 0.3) is 5.91 Å². The predicted octanol–water partition coefficient (Wildman–Crippen LogP) is 2.06. The molecule has 1 aromatic rings. The lowest BCUT2D eigenvalue weighted by Crippen LogP contribution is -2.33. The summed E-state index contributed by atoms with van der Waals surface area (Å²) in [6.07, 6.45) is 1.76. The third kappa shape index (κ3) is 3.21. The van der Waals surface area contributed by atoms with Crippen LogP contribution in [0, 0.1) is 0 Å². The van der Waals surface area contributed by atoms with Gasteiger partial charge in [0.1, 0.15) is 10.9 Å². The van der Waals surface area contributed by atoms with Gasteiger partial charge in [0.05, 0.1) is 12.0 Å². The maximum absolute atomic E-state index is 12.1. The summed E-state index contributed by atoms with van der Waals surface area (Å²) in [7, 11) is 1.28. The second-order valence-corrected chi connectivity index (χ2v) is 5.43. The van der Waals surface area contributed by atoms with Crippen LogP contribution in [0.4, 0.5) is 0 Å². The van der Waals surface area contributed by atoms with E-state index in [1.54, 1.807) is 6.08 Å². The van der Waals surface area contributed by atoms with Crippen molar-refractivity contribution in [3.05, 3.63) is 40.8 Å². The Morgan fingerprint density at radius 3 is 2.74 bits per heavy atom. The number of esters is 1. The zero-order valence-corrected chi connectivity index (χ0v) is 11.8. The Kier molecular flexibility index (Phi) is 4.34. The third-order valence-corrected chi connectivity index (χ3v) is 3.86. The van der Waals surface area contributed by atoms with E-state index in [1.807, 2.05) is 30.3 Å². The Morgan fingerprint density at radius 1 is 1.42 bits per heavy atom. The van der Waals surface area contributed by atoms with Gasteiger partial charge in [-0.3, -0.25) is 14.5 Å². The maximum atomic E-state index is 12.1. The van der Waals surface area contributed by atoms with Gasteiger partial charge >= 0.3 is 5.97 Å². The molecule has 1 amide bonds. The largest absolute Gasteiger partial charge is 0.468 e. The molecular weight excluding hydrogens is 282 g/mol. The van der Waals surface area contributed by atoms with Crippen molar-refractivity contribution in [2.75, 3.05) is 13.7 Å². The van der Waals surface area contributed by atoms with Gasteiger partial charge in [0, 0.05) is 0 Å². The minimum Gasteiger partial charge on any atom is -0.468 e. The molecular formula is C13H11NO3S2. The predicted molar refractivity (Wildman–Crippen MR) is 78.3 cm³/mol. The van der Waals surface area contributed by atoms with Gasteiger partial charge < -0.3 is 4.74 Å². The first-order valence-electron chi connectivity index (χ1n) is 5.49. The fraction of sp³-hybridized carbons (Fsp3) is 0.154. The number of amides is 1. The second-order valence-electron chi connectivity index (χ2n) is 3.75. The van der Waals surface area contributed by atoms with Crippen LogP contribution < -0.4 is 0 Å². The molecule has 1 aliphatic heterocycles. The number of thiocarbonyl (C=S) groups is 1. The summed E-state index contributed by atoms with van der Waals surface area (Å²) in [6.45, 7) is -0.146. The molecule has 1 aliphatic rings. The highest BCUT2D eigenvalue weighted by Crippen LogP contribution is 2.32. The van der Waals surface area contributed by atoms with E-state index < -0.39 is 5.97 Å². The van der Waals surface area contributed by atoms with Crippen LogP contribution in [0.15, 0.2) is 35.2 Å². The van der Waals surface area contributed by atoms with Gasteiger partial charge in [0.15, 0.2) is 0 Å². The fourth-order valence-electron chi connectivity index (χ4n) is 1.53. The van der Waals surface area contributed by atoms with Crippen LogP contribution >= 0.6 is 24.0 Å². The number of hydrogen-bond donors (Lipinski definition) is 0. The average molecular weight is 293 g/mol. The average Bonchev–Trinajstić information content (AvgIpc) is 2.67. The van der Waals surface area contributed by atoms with Crippen molar-refractivity contribution in [1.82, 2.24) is 4.90 Å². The minimum atomic E-state index is -0.489. The van der Waals surface area contributed by atoms with Crippen LogP contribution in [0.1, 0.15) is 5.56 Å². The molecule has 6 heteroatoms. The van der Waals surface area contributed by atoms with Crippen molar-refractivity contribution < 1.29 is 14.3 Å². The van der Waals surface area contributed by atoms with E-state index in [9.17, 15) is 9.59 Å². The standard InChI is InChI=1S/C13H11NO3S2/c1-17-11(15)8-14-12(16)10(19-13(14)18)7-9-5-3-2-4-6-9/h2-7H,8H2,1H3. The van der Waals surface area contributed by atoms with E-state index >= 15 is 0 Å². The Hall–Kier alpha value is -1.66. The monoisotopic (exact) mass is 293 g/mol. The zero-order chi connectivity index (χ0) is 13.8. The third-order valence-electron chi connectivity index (χ3n) is 2.49. The Morgan fingerprint density at radius 2 is 2.11 bits per heavy atom. The van der Waals surface area contributed by atoms with Crippen molar-refractivity contribution in [2.45, 2.75) is 0 Å². The van der Waals surface area contributed by atoms with Crippen molar-refractivity contribution in [1.29, 1.82) is 0 Å². The van der Waals surface area contributed by atoms with Crippen LogP contribution in [-0.2, 0) is 14.3 Å². The van der Waals surface area contributed by atoms with Crippen LogP contribution in [-0.4, -0.2) is 34.8 Å². The summed E-state index contributed by atoms with van der Waals surface area (Å²) in [5, 5.41) is 0. The highest BCUT2D eigenvalue weighted by molar-refractivity contribution is 8.26. The molecule has 1 heterocycles. The number of ether oxygens (including phenoxy) is 1. The number of methoxy groups -OCH3 is 1. The van der Waals surface area contributed by atoms with Gasteiger partial charge in [-0.05, 0) is 11.6 Å². The van der Waals surface area contributed by atoms with E-state index in [-0.39, 0.29) is 12.5 Å². The van der Waals surface area contributed by atoms with Crippen LogP contribution in [0.25, 0.3) is 6.08 Å². The molecule has 0 bridgehead atoms. The van der Waals surface area contributed by atoms with Crippen molar-refractivity contribution in [3.63, 3.8) is 0 Å². The summed E-state index contributed by atoms with van der Waals surface area (Å²) in [6, 6.07) is 9.47. The quantitative estimate of drug-likeness (QED) is 0.485. The molecule has 0 atom stereocenters. The topological polar surface area (TPSA) is 46.6 Å². The molecule has 98 valence electrons. The molecule has 4 nitrogen and oxygen atoms in total. The molecule has 0 aliphatic carbocycles. The number of hydrogen-bond acceptors (Lipinski definition) is 5. The molecule has 0 spiro atoms. The van der Waals surface area contributed by atoms with Gasteiger partial charge in [-0.15, -0.1) is 0 Å². The first kappa shape index (κ1) is 13.8. The lowest BCUT2D eigenvalue weighted by Gasteiger charge is -2.11. The molecule has 0 N–H and O–H groups in total. The summed E-state index contributed by atoms with van der Waals surface area (Å²) in [4.78, 5) is 25.1. The SMILES string of the molecule is COC(=O)CN1C(=O)C(=Cc2ccccc2)SC1=S.